The molecule has 0 unspecified atom stereocenters. The van der Waals surface area contributed by atoms with Crippen LogP contribution in [0.5, 0.6) is 11.5 Å². The Labute approximate surface area is 119 Å². The summed E-state index contributed by atoms with van der Waals surface area (Å²) in [5.74, 6) is 1.47. The number of methoxy groups -OCH3 is 1. The van der Waals surface area contributed by atoms with Crippen molar-refractivity contribution in [3.05, 3.63) is 59.2 Å². The molecule has 2 aromatic carbocycles. The number of aryl methyl sites for hydroxylation is 1. The average molecular weight is 272 g/mol. The normalized spacial score (nSPS) is 10.6. The van der Waals surface area contributed by atoms with Crippen molar-refractivity contribution in [1.82, 2.24) is 0 Å². The van der Waals surface area contributed by atoms with Crippen LogP contribution in [0.15, 0.2) is 42.5 Å². The Bertz CT molecular complexity index is 547. The van der Waals surface area contributed by atoms with Gasteiger partial charge < -0.3 is 14.6 Å². The molecule has 1 N–H and O–H groups in total. The first-order valence-corrected chi connectivity index (χ1v) is 6.69. The number of hydrogen-bond donors (Lipinski definition) is 1. The van der Waals surface area contributed by atoms with Crippen LogP contribution >= 0.6 is 0 Å². The second-order valence-electron chi connectivity index (χ2n) is 4.76. The highest BCUT2D eigenvalue weighted by Gasteiger charge is 2.04. The predicted octanol–water partition coefficient (Wildman–Crippen LogP) is 3.47. The summed E-state index contributed by atoms with van der Waals surface area (Å²) in [5.41, 5.74) is 3.12. The number of ether oxygens (including phenoxy) is 2. The Morgan fingerprint density at radius 3 is 2.45 bits per heavy atom. The smallest absolute Gasteiger partial charge is 0.132 e. The molecule has 2 rings (SSSR count). The monoisotopic (exact) mass is 272 g/mol. The van der Waals surface area contributed by atoms with Gasteiger partial charge in [-0.15, -0.1) is 0 Å². The van der Waals surface area contributed by atoms with Gasteiger partial charge in [0.2, 0.25) is 0 Å². The van der Waals surface area contributed by atoms with Crippen molar-refractivity contribution in [3.63, 3.8) is 0 Å². The second kappa shape index (κ2) is 7.08. The third kappa shape index (κ3) is 3.83. The Morgan fingerprint density at radius 1 is 1.05 bits per heavy atom. The van der Waals surface area contributed by atoms with Crippen molar-refractivity contribution in [2.24, 2.45) is 0 Å². The zero-order valence-corrected chi connectivity index (χ0v) is 11.9. The maximum absolute atomic E-state index is 9.37. The van der Waals surface area contributed by atoms with Crippen molar-refractivity contribution < 1.29 is 14.6 Å². The Hall–Kier alpha value is -1.84. The minimum atomic E-state index is -0.0249. The van der Waals surface area contributed by atoms with E-state index in [4.69, 9.17) is 9.47 Å². The fraction of sp³-hybridized carbons (Fsp3) is 0.294. The number of hydrogen-bond acceptors (Lipinski definition) is 3. The largest absolute Gasteiger partial charge is 0.457 e. The second-order valence-corrected chi connectivity index (χ2v) is 4.76. The standard InChI is InChI=1S/C17H20O3/c1-13-3-8-17(15(11-13)12-18)20-16-6-4-14(5-7-16)9-10-19-2/h3-8,11,18H,9-10,12H2,1-2H3. The van der Waals surface area contributed by atoms with E-state index >= 15 is 0 Å². The molecule has 2 aromatic rings. The molecular weight excluding hydrogens is 252 g/mol. The lowest BCUT2D eigenvalue weighted by molar-refractivity contribution is 0.202. The average Bonchev–Trinajstić information content (AvgIpc) is 2.48. The Morgan fingerprint density at radius 2 is 1.80 bits per heavy atom. The summed E-state index contributed by atoms with van der Waals surface area (Å²) in [6.07, 6.45) is 0.892. The molecule has 0 aliphatic rings. The molecule has 0 aromatic heterocycles. The first kappa shape index (κ1) is 14.6. The molecule has 0 radical (unpaired) electrons. The van der Waals surface area contributed by atoms with Crippen LogP contribution in [-0.2, 0) is 17.8 Å². The van der Waals surface area contributed by atoms with Crippen molar-refractivity contribution in [2.45, 2.75) is 20.0 Å². The summed E-state index contributed by atoms with van der Waals surface area (Å²) >= 11 is 0. The SMILES string of the molecule is COCCc1ccc(Oc2ccc(C)cc2CO)cc1. The van der Waals surface area contributed by atoms with E-state index in [0.29, 0.717) is 12.4 Å². The van der Waals surface area contributed by atoms with E-state index in [0.717, 1.165) is 23.3 Å². The van der Waals surface area contributed by atoms with E-state index in [-0.39, 0.29) is 6.61 Å². The van der Waals surface area contributed by atoms with Crippen LogP contribution < -0.4 is 4.74 Å². The topological polar surface area (TPSA) is 38.7 Å². The lowest BCUT2D eigenvalue weighted by atomic mass is 10.1. The van der Waals surface area contributed by atoms with Gasteiger partial charge in [0.25, 0.3) is 0 Å². The van der Waals surface area contributed by atoms with E-state index in [9.17, 15) is 5.11 Å². The van der Waals surface area contributed by atoms with Crippen LogP contribution in [0.2, 0.25) is 0 Å². The maximum atomic E-state index is 9.37. The molecule has 0 atom stereocenters. The minimum absolute atomic E-state index is 0.0249. The van der Waals surface area contributed by atoms with Crippen LogP contribution in [0.1, 0.15) is 16.7 Å². The maximum Gasteiger partial charge on any atom is 0.132 e. The van der Waals surface area contributed by atoms with Crippen molar-refractivity contribution in [1.29, 1.82) is 0 Å². The summed E-state index contributed by atoms with van der Waals surface area (Å²) in [7, 11) is 1.70. The Balaban J connectivity index is 2.10. The van der Waals surface area contributed by atoms with Gasteiger partial charge in [-0.25, -0.2) is 0 Å². The summed E-state index contributed by atoms with van der Waals surface area (Å²) in [5, 5.41) is 9.37. The van der Waals surface area contributed by atoms with Gasteiger partial charge in [0.05, 0.1) is 13.2 Å². The molecule has 3 heteroatoms. The summed E-state index contributed by atoms with van der Waals surface area (Å²) in [6, 6.07) is 13.7. The van der Waals surface area contributed by atoms with Crippen LogP contribution in [0.25, 0.3) is 0 Å². The van der Waals surface area contributed by atoms with E-state index in [1.165, 1.54) is 5.56 Å². The molecule has 0 amide bonds. The van der Waals surface area contributed by atoms with E-state index in [2.05, 4.69) is 0 Å². The first-order chi connectivity index (χ1) is 9.72. The van der Waals surface area contributed by atoms with Gasteiger partial charge in [0, 0.05) is 12.7 Å². The van der Waals surface area contributed by atoms with Crippen molar-refractivity contribution >= 4 is 0 Å². The molecule has 0 saturated heterocycles. The van der Waals surface area contributed by atoms with Gasteiger partial charge in [-0.05, 0) is 37.1 Å². The predicted molar refractivity (Wildman–Crippen MR) is 79.2 cm³/mol. The molecule has 0 aliphatic heterocycles. The van der Waals surface area contributed by atoms with Gasteiger partial charge in [-0.3, -0.25) is 0 Å². The number of aliphatic hydroxyl groups excluding tert-OH is 1. The van der Waals surface area contributed by atoms with Gasteiger partial charge in [0.15, 0.2) is 0 Å². The lowest BCUT2D eigenvalue weighted by Gasteiger charge is -2.11. The highest BCUT2D eigenvalue weighted by Crippen LogP contribution is 2.26. The molecule has 0 aliphatic carbocycles. The van der Waals surface area contributed by atoms with E-state index in [1.54, 1.807) is 7.11 Å². The van der Waals surface area contributed by atoms with Gasteiger partial charge in [-0.2, -0.15) is 0 Å². The number of aliphatic hydroxyl groups is 1. The molecule has 0 heterocycles. The zero-order valence-electron chi connectivity index (χ0n) is 11.9. The molecule has 0 bridgehead atoms. The molecule has 0 saturated carbocycles. The summed E-state index contributed by atoms with van der Waals surface area (Å²) in [4.78, 5) is 0. The minimum Gasteiger partial charge on any atom is -0.457 e. The third-order valence-corrected chi connectivity index (χ3v) is 3.13. The van der Waals surface area contributed by atoms with Crippen LogP contribution in [0.4, 0.5) is 0 Å². The highest BCUT2D eigenvalue weighted by molar-refractivity contribution is 5.40. The van der Waals surface area contributed by atoms with Crippen molar-refractivity contribution in [2.75, 3.05) is 13.7 Å². The Kier molecular flexibility index (Phi) is 5.16. The van der Waals surface area contributed by atoms with Gasteiger partial charge in [-0.1, -0.05) is 29.8 Å². The summed E-state index contributed by atoms with van der Waals surface area (Å²) in [6.45, 7) is 2.68. The molecule has 0 fully saturated rings. The van der Waals surface area contributed by atoms with E-state index in [1.807, 2.05) is 49.4 Å². The van der Waals surface area contributed by atoms with Crippen LogP contribution in [0.3, 0.4) is 0 Å². The third-order valence-electron chi connectivity index (χ3n) is 3.13. The van der Waals surface area contributed by atoms with Gasteiger partial charge in [0.1, 0.15) is 11.5 Å². The molecule has 0 spiro atoms. The quantitative estimate of drug-likeness (QED) is 0.875. The van der Waals surface area contributed by atoms with E-state index < -0.39 is 0 Å². The van der Waals surface area contributed by atoms with Crippen molar-refractivity contribution in [3.8, 4) is 11.5 Å². The van der Waals surface area contributed by atoms with Crippen LogP contribution in [0, 0.1) is 6.92 Å². The number of rotatable bonds is 6. The lowest BCUT2D eigenvalue weighted by Crippen LogP contribution is -1.95. The molecule has 20 heavy (non-hydrogen) atoms. The van der Waals surface area contributed by atoms with Crippen LogP contribution in [-0.4, -0.2) is 18.8 Å². The fourth-order valence-electron chi connectivity index (χ4n) is 2.00. The highest BCUT2D eigenvalue weighted by atomic mass is 16.5. The molecular formula is C17H20O3. The molecule has 106 valence electrons. The summed E-state index contributed by atoms with van der Waals surface area (Å²) < 4.78 is 10.9. The fourth-order valence-corrected chi connectivity index (χ4v) is 2.00. The number of benzene rings is 2. The molecule has 3 nitrogen and oxygen atoms in total. The zero-order chi connectivity index (χ0) is 14.4. The first-order valence-electron chi connectivity index (χ1n) is 6.69. The van der Waals surface area contributed by atoms with Gasteiger partial charge >= 0.3 is 0 Å².